The molecule has 0 bridgehead atoms. The van der Waals surface area contributed by atoms with Crippen LogP contribution in [0.25, 0.3) is 33.4 Å². The number of hydrogen-bond donors (Lipinski definition) is 0. The van der Waals surface area contributed by atoms with Gasteiger partial charge in [0.25, 0.3) is 0 Å². The molecule has 0 radical (unpaired) electrons. The Morgan fingerprint density at radius 1 is 0.423 bits per heavy atom. The van der Waals surface area contributed by atoms with Gasteiger partial charge < -0.3 is 9.80 Å². The van der Waals surface area contributed by atoms with Gasteiger partial charge in [-0.25, -0.2) is 9.36 Å². The summed E-state index contributed by atoms with van der Waals surface area (Å²) in [6.45, 7) is 29.8. The summed E-state index contributed by atoms with van der Waals surface area (Å²) in [6, 6.07) is 60.5. The standard InChI is InChI=1S/C94H104N10/c1-12-58-99-81-42-21-17-38-76(81)91(4,5)85(99)54-49-69-34-26-35-70(50-55-86-92(6,7)77-39-18-22-43-82(77)100(86)59-13-2)89(69)103-64-75(95-97-103)53-46-67-30-25-29-66(62-67)31-28-61-102-84-45-24-20-41-79(84)94(10,11)88(102)57-52-72-37-27-36-71(51-56-87-93(8,9)78-40-19-23-44-83(78)101(87)60-14-3)90(72)104-65-80(96-98-104)74-48-47-68-32-15-16-33-73(68)63-74/h15-25,29-30,32-33,38-45,47-52,54-57,62-65H,12-14,26-28,31,34-37,46,53,58-61H2,1-11H3/q+2. The van der Waals surface area contributed by atoms with Gasteiger partial charge in [0.2, 0.25) is 11.4 Å². The van der Waals surface area contributed by atoms with Crippen molar-refractivity contribution >= 4 is 56.3 Å². The largest absolute Gasteiger partial charge is 0.344 e. The number of benzene rings is 7. The summed E-state index contributed by atoms with van der Waals surface area (Å²) < 4.78 is 9.36. The highest BCUT2D eigenvalue weighted by molar-refractivity contribution is 6.04. The van der Waals surface area contributed by atoms with Crippen LogP contribution in [0.15, 0.2) is 258 Å². The molecule has 0 atom stereocenters. The Morgan fingerprint density at radius 3 is 1.49 bits per heavy atom. The summed E-state index contributed by atoms with van der Waals surface area (Å²) in [5.74, 6) is 0. The van der Waals surface area contributed by atoms with Crippen LogP contribution in [0.4, 0.5) is 22.7 Å². The van der Waals surface area contributed by atoms with Crippen LogP contribution in [-0.2, 0) is 40.9 Å². The summed E-state index contributed by atoms with van der Waals surface area (Å²) in [7, 11) is 0. The molecule has 0 saturated carbocycles. The number of para-hydroxylation sites is 4. The summed E-state index contributed by atoms with van der Waals surface area (Å²) in [5, 5.41) is 22.3. The molecule has 528 valence electrons. The zero-order valence-corrected chi connectivity index (χ0v) is 63.4. The minimum atomic E-state index is -0.220. The van der Waals surface area contributed by atoms with Gasteiger partial charge in [-0.2, -0.15) is 9.15 Å². The molecule has 0 amide bonds. The Labute approximate surface area is 618 Å². The average molecular weight is 1370 g/mol. The third kappa shape index (κ3) is 13.0. The van der Waals surface area contributed by atoms with E-state index in [4.69, 9.17) is 20.6 Å². The minimum Gasteiger partial charge on any atom is -0.344 e. The van der Waals surface area contributed by atoms with Crippen LogP contribution in [0.3, 0.4) is 0 Å². The van der Waals surface area contributed by atoms with Gasteiger partial charge in [0.1, 0.15) is 18.8 Å². The summed E-state index contributed by atoms with van der Waals surface area (Å²) in [4.78, 5) is 5.10. The zero-order chi connectivity index (χ0) is 71.9. The van der Waals surface area contributed by atoms with Crippen molar-refractivity contribution in [2.75, 3.05) is 36.0 Å². The lowest BCUT2D eigenvalue weighted by Crippen LogP contribution is -2.28. The predicted molar refractivity (Wildman–Crippen MR) is 433 cm³/mol. The van der Waals surface area contributed by atoms with Gasteiger partial charge in [0, 0.05) is 101 Å². The van der Waals surface area contributed by atoms with E-state index in [1.807, 2.05) is 0 Å². The van der Waals surface area contributed by atoms with Gasteiger partial charge in [-0.1, -0.05) is 217 Å². The number of fused-ring (bicyclic) bond motifs is 5. The molecule has 7 aromatic carbocycles. The third-order valence-corrected chi connectivity index (χ3v) is 23.4. The fourth-order valence-corrected chi connectivity index (χ4v) is 18.0. The third-order valence-electron chi connectivity index (χ3n) is 23.4. The van der Waals surface area contributed by atoms with Crippen molar-refractivity contribution in [3.05, 3.63) is 298 Å². The lowest BCUT2D eigenvalue weighted by molar-refractivity contribution is -0.438. The molecule has 0 spiro atoms. The quantitative estimate of drug-likeness (QED) is 0.0630. The molecule has 0 unspecified atom stereocenters. The number of aromatic nitrogens is 6. The summed E-state index contributed by atoms with van der Waals surface area (Å²) >= 11 is 0. The van der Waals surface area contributed by atoms with Crippen LogP contribution >= 0.6 is 0 Å². The van der Waals surface area contributed by atoms with E-state index in [1.165, 1.54) is 112 Å². The maximum Gasteiger partial charge on any atom is 0.209 e. The van der Waals surface area contributed by atoms with Crippen molar-refractivity contribution in [1.29, 1.82) is 0 Å². The van der Waals surface area contributed by atoms with Crippen LogP contribution in [0.5, 0.6) is 0 Å². The number of aryl methyl sites for hydroxylation is 3. The van der Waals surface area contributed by atoms with Crippen LogP contribution in [0.1, 0.15) is 179 Å². The molecule has 6 heterocycles. The lowest BCUT2D eigenvalue weighted by Gasteiger charge is -2.27. The van der Waals surface area contributed by atoms with E-state index >= 15 is 0 Å². The Bertz CT molecular complexity index is 5130. The first kappa shape index (κ1) is 69.6. The summed E-state index contributed by atoms with van der Waals surface area (Å²) in [6.07, 6.45) is 36.5. The van der Waals surface area contributed by atoms with E-state index in [9.17, 15) is 0 Å². The molecule has 0 fully saturated rings. The fraction of sp³-hybridized carbons (Fsp3) is 0.340. The van der Waals surface area contributed by atoms with Crippen molar-refractivity contribution < 1.29 is 9.15 Å². The smallest absolute Gasteiger partial charge is 0.209 e. The zero-order valence-electron chi connectivity index (χ0n) is 63.4. The highest BCUT2D eigenvalue weighted by Crippen LogP contribution is 2.51. The number of hydrogen-bond acceptors (Lipinski definition) is 6. The monoisotopic (exact) mass is 1370 g/mol. The van der Waals surface area contributed by atoms with Crippen molar-refractivity contribution in [2.45, 2.75) is 181 Å². The number of anilines is 2. The SMILES string of the molecule is CCCN1/C(=C/C=C2\CCCC(/C=C/C3=[N+](CCC)c4ccccc4C3(C)C)=C2n2cc(CCc3cccc(CCC[N+]4=C(/C=C/C5=C(n6cc(-c7ccc8ccccc8c7)nn6)C(=C/C=C6/N(CCC)c7ccccc7C6(C)C)/CCC5)C(C)(C)c5ccccc54)c3)nn2)C(C)(C)c2ccccc21. The number of rotatable bonds is 22. The summed E-state index contributed by atoms with van der Waals surface area (Å²) in [5.41, 5.74) is 28.6. The van der Waals surface area contributed by atoms with Crippen molar-refractivity contribution in [2.24, 2.45) is 0 Å². The fourth-order valence-electron chi connectivity index (χ4n) is 18.0. The van der Waals surface area contributed by atoms with Crippen molar-refractivity contribution in [3.8, 4) is 11.3 Å². The first-order chi connectivity index (χ1) is 50.5. The highest BCUT2D eigenvalue weighted by Gasteiger charge is 2.46. The van der Waals surface area contributed by atoms with Crippen LogP contribution in [0, 0.1) is 0 Å². The van der Waals surface area contributed by atoms with Crippen molar-refractivity contribution in [3.63, 3.8) is 0 Å². The lowest BCUT2D eigenvalue weighted by atomic mass is 9.81. The van der Waals surface area contributed by atoms with E-state index in [0.717, 1.165) is 138 Å². The highest BCUT2D eigenvalue weighted by atomic mass is 15.4. The molecule has 6 aliphatic rings. The molecule has 0 N–H and O–H groups in total. The van der Waals surface area contributed by atoms with E-state index in [0.29, 0.717) is 0 Å². The molecule has 4 aliphatic heterocycles. The second-order valence-corrected chi connectivity index (χ2v) is 31.7. The molecular formula is C94H104N10+2. The maximum absolute atomic E-state index is 5.03. The van der Waals surface area contributed by atoms with Gasteiger partial charge in [0.15, 0.2) is 11.4 Å². The molecular weight excluding hydrogens is 1270 g/mol. The molecule has 15 rings (SSSR count). The van der Waals surface area contributed by atoms with Crippen LogP contribution < -0.4 is 9.80 Å². The Kier molecular flexibility index (Phi) is 19.3. The van der Waals surface area contributed by atoms with Crippen LogP contribution in [-0.4, -0.2) is 76.7 Å². The van der Waals surface area contributed by atoms with Crippen LogP contribution in [0.2, 0.25) is 0 Å². The molecule has 2 aliphatic carbocycles. The topological polar surface area (TPSA) is 73.9 Å². The molecule has 10 heteroatoms. The second-order valence-electron chi connectivity index (χ2n) is 31.7. The van der Waals surface area contributed by atoms with E-state index in [1.54, 1.807) is 0 Å². The van der Waals surface area contributed by atoms with E-state index in [2.05, 4.69) is 329 Å². The van der Waals surface area contributed by atoms with E-state index < -0.39 is 0 Å². The van der Waals surface area contributed by atoms with Gasteiger partial charge in [-0.3, -0.25) is 0 Å². The molecule has 10 nitrogen and oxygen atoms in total. The Balaban J connectivity index is 0.708. The predicted octanol–water partition coefficient (Wildman–Crippen LogP) is 21.6. The second kappa shape index (κ2) is 28.9. The molecule has 104 heavy (non-hydrogen) atoms. The van der Waals surface area contributed by atoms with Gasteiger partial charge in [-0.15, -0.1) is 10.2 Å². The number of allylic oxidation sites excluding steroid dienone is 16. The average Bonchev–Trinajstić information content (AvgIpc) is 1.61. The minimum absolute atomic E-state index is 0.131. The normalized spacial score (nSPS) is 19.6. The van der Waals surface area contributed by atoms with E-state index in [-0.39, 0.29) is 21.7 Å². The molecule has 0 saturated heterocycles. The first-order valence-corrected chi connectivity index (χ1v) is 38.8. The maximum atomic E-state index is 5.03. The van der Waals surface area contributed by atoms with Crippen molar-refractivity contribution in [1.82, 2.24) is 30.0 Å². The molecule has 9 aromatic rings. The number of nitrogens with zero attached hydrogens (tertiary/aromatic N) is 10. The van der Waals surface area contributed by atoms with Gasteiger partial charge in [0.05, 0.1) is 40.3 Å². The first-order valence-electron chi connectivity index (χ1n) is 38.8. The van der Waals surface area contributed by atoms with Gasteiger partial charge >= 0.3 is 0 Å². The Morgan fingerprint density at radius 2 is 0.923 bits per heavy atom. The Hall–Kier alpha value is -10.1. The molecule has 2 aromatic heterocycles. The van der Waals surface area contributed by atoms with Gasteiger partial charge in [-0.05, 0) is 184 Å².